The van der Waals surface area contributed by atoms with Crippen molar-refractivity contribution in [2.45, 2.75) is 33.6 Å². The van der Waals surface area contributed by atoms with E-state index in [0.29, 0.717) is 18.2 Å². The Morgan fingerprint density at radius 3 is 2.87 bits per heavy atom. The second-order valence-corrected chi connectivity index (χ2v) is 4.23. The van der Waals surface area contributed by atoms with Gasteiger partial charge in [-0.1, -0.05) is 13.8 Å². The highest BCUT2D eigenvalue weighted by Crippen LogP contribution is 2.21. The first-order chi connectivity index (χ1) is 7.11. The molecular weight excluding hydrogens is 188 g/mol. The molecule has 84 valence electrons. The van der Waals surface area contributed by atoms with Gasteiger partial charge in [0.1, 0.15) is 0 Å². The van der Waals surface area contributed by atoms with Gasteiger partial charge in [0.05, 0.1) is 12.3 Å². The monoisotopic (exact) mass is 208 g/mol. The lowest BCUT2D eigenvalue weighted by molar-refractivity contribution is 0.288. The maximum Gasteiger partial charge on any atom is 0.237 e. The van der Waals surface area contributed by atoms with E-state index in [-0.39, 0.29) is 0 Å². The summed E-state index contributed by atoms with van der Waals surface area (Å²) in [6.45, 7) is 7.06. The lowest BCUT2D eigenvalue weighted by Gasteiger charge is -2.09. The van der Waals surface area contributed by atoms with E-state index in [1.54, 1.807) is 6.20 Å². The number of rotatable bonds is 5. The number of aryl methyl sites for hydroxylation is 1. The smallest absolute Gasteiger partial charge is 0.237 e. The molecule has 3 heteroatoms. The summed E-state index contributed by atoms with van der Waals surface area (Å²) < 4.78 is 5.53. The molecule has 0 saturated carbocycles. The molecule has 0 spiro atoms. The van der Waals surface area contributed by atoms with Crippen LogP contribution in [0.2, 0.25) is 0 Å². The standard InChI is InChI=1S/C12H20N2O/c1-9(2)5-4-8-15-12-11(13)10(3)6-7-14-12/h6-7,9H,4-5,8,13H2,1-3H3. The molecule has 0 aromatic carbocycles. The van der Waals surface area contributed by atoms with E-state index in [0.717, 1.165) is 17.9 Å². The second-order valence-electron chi connectivity index (χ2n) is 4.23. The van der Waals surface area contributed by atoms with Crippen LogP contribution in [-0.4, -0.2) is 11.6 Å². The van der Waals surface area contributed by atoms with Gasteiger partial charge in [-0.2, -0.15) is 0 Å². The Bertz CT molecular complexity index is 310. The number of hydrogen-bond acceptors (Lipinski definition) is 3. The largest absolute Gasteiger partial charge is 0.476 e. The van der Waals surface area contributed by atoms with Crippen LogP contribution < -0.4 is 10.5 Å². The highest BCUT2D eigenvalue weighted by atomic mass is 16.5. The average molecular weight is 208 g/mol. The van der Waals surface area contributed by atoms with Crippen molar-refractivity contribution in [3.63, 3.8) is 0 Å². The van der Waals surface area contributed by atoms with Crippen molar-refractivity contribution in [2.75, 3.05) is 12.3 Å². The summed E-state index contributed by atoms with van der Waals surface area (Å²) in [5.74, 6) is 1.29. The summed E-state index contributed by atoms with van der Waals surface area (Å²) >= 11 is 0. The van der Waals surface area contributed by atoms with E-state index < -0.39 is 0 Å². The Kier molecular flexibility index (Phi) is 4.40. The molecule has 1 aromatic rings. The lowest BCUT2D eigenvalue weighted by atomic mass is 10.1. The third-order valence-electron chi connectivity index (χ3n) is 2.34. The predicted molar refractivity (Wildman–Crippen MR) is 63.0 cm³/mol. The summed E-state index contributed by atoms with van der Waals surface area (Å²) in [6, 6.07) is 1.89. The molecule has 3 nitrogen and oxygen atoms in total. The molecule has 2 N–H and O–H groups in total. The van der Waals surface area contributed by atoms with Crippen LogP contribution in [0.4, 0.5) is 5.69 Å². The molecule has 0 aliphatic carbocycles. The Hall–Kier alpha value is -1.25. The van der Waals surface area contributed by atoms with Crippen LogP contribution in [0.1, 0.15) is 32.3 Å². The number of pyridine rings is 1. The van der Waals surface area contributed by atoms with Crippen LogP contribution in [0.15, 0.2) is 12.3 Å². The summed E-state index contributed by atoms with van der Waals surface area (Å²) in [6.07, 6.45) is 3.95. The number of anilines is 1. The number of nitrogens with zero attached hydrogens (tertiary/aromatic N) is 1. The van der Waals surface area contributed by atoms with Gasteiger partial charge in [0, 0.05) is 6.20 Å². The average Bonchev–Trinajstić information content (AvgIpc) is 2.18. The van der Waals surface area contributed by atoms with Gasteiger partial charge in [-0.3, -0.25) is 0 Å². The second kappa shape index (κ2) is 5.59. The Balaban J connectivity index is 2.41. The van der Waals surface area contributed by atoms with E-state index in [1.807, 2.05) is 13.0 Å². The molecule has 0 radical (unpaired) electrons. The van der Waals surface area contributed by atoms with Crippen LogP contribution in [0.3, 0.4) is 0 Å². The zero-order chi connectivity index (χ0) is 11.3. The SMILES string of the molecule is Cc1ccnc(OCCCC(C)C)c1N. The fourth-order valence-electron chi connectivity index (χ4n) is 1.32. The molecule has 0 saturated heterocycles. The van der Waals surface area contributed by atoms with Crippen LogP contribution >= 0.6 is 0 Å². The van der Waals surface area contributed by atoms with Crippen LogP contribution in [0.25, 0.3) is 0 Å². The van der Waals surface area contributed by atoms with Crippen molar-refractivity contribution in [1.82, 2.24) is 4.98 Å². The summed E-state index contributed by atoms with van der Waals surface area (Å²) in [4.78, 5) is 4.11. The Morgan fingerprint density at radius 1 is 1.47 bits per heavy atom. The fraction of sp³-hybridized carbons (Fsp3) is 0.583. The highest BCUT2D eigenvalue weighted by Gasteiger charge is 2.03. The predicted octanol–water partition coefficient (Wildman–Crippen LogP) is 2.79. The van der Waals surface area contributed by atoms with Gasteiger partial charge >= 0.3 is 0 Å². The van der Waals surface area contributed by atoms with Crippen molar-refractivity contribution in [2.24, 2.45) is 5.92 Å². The zero-order valence-corrected chi connectivity index (χ0v) is 9.79. The number of nitrogen functional groups attached to an aromatic ring is 1. The first-order valence-corrected chi connectivity index (χ1v) is 5.45. The van der Waals surface area contributed by atoms with Gasteiger partial charge in [0.25, 0.3) is 0 Å². The number of hydrogen-bond donors (Lipinski definition) is 1. The number of aromatic nitrogens is 1. The van der Waals surface area contributed by atoms with E-state index >= 15 is 0 Å². The van der Waals surface area contributed by atoms with Crippen LogP contribution in [-0.2, 0) is 0 Å². The van der Waals surface area contributed by atoms with Gasteiger partial charge in [-0.25, -0.2) is 4.98 Å². The molecule has 0 fully saturated rings. The fourth-order valence-corrected chi connectivity index (χ4v) is 1.32. The lowest BCUT2D eigenvalue weighted by Crippen LogP contribution is -2.04. The maximum atomic E-state index is 5.84. The first-order valence-electron chi connectivity index (χ1n) is 5.45. The van der Waals surface area contributed by atoms with Gasteiger partial charge in [0.15, 0.2) is 0 Å². The molecule has 1 rings (SSSR count). The van der Waals surface area contributed by atoms with Crippen LogP contribution in [0, 0.1) is 12.8 Å². The third kappa shape index (κ3) is 3.78. The molecule has 1 aromatic heterocycles. The van der Waals surface area contributed by atoms with Crippen molar-refractivity contribution in [3.8, 4) is 5.88 Å². The molecule has 0 atom stereocenters. The third-order valence-corrected chi connectivity index (χ3v) is 2.34. The summed E-state index contributed by atoms with van der Waals surface area (Å²) in [5.41, 5.74) is 7.51. The molecule has 1 heterocycles. The number of ether oxygens (including phenoxy) is 1. The van der Waals surface area contributed by atoms with E-state index in [9.17, 15) is 0 Å². The van der Waals surface area contributed by atoms with Crippen LogP contribution in [0.5, 0.6) is 5.88 Å². The van der Waals surface area contributed by atoms with Crippen molar-refractivity contribution in [3.05, 3.63) is 17.8 Å². The van der Waals surface area contributed by atoms with Crippen molar-refractivity contribution < 1.29 is 4.74 Å². The zero-order valence-electron chi connectivity index (χ0n) is 9.79. The minimum Gasteiger partial charge on any atom is -0.476 e. The molecule has 0 amide bonds. The van der Waals surface area contributed by atoms with E-state index in [1.165, 1.54) is 6.42 Å². The molecule has 0 bridgehead atoms. The Labute approximate surface area is 91.7 Å². The van der Waals surface area contributed by atoms with Gasteiger partial charge in [-0.05, 0) is 37.3 Å². The first kappa shape index (κ1) is 11.8. The topological polar surface area (TPSA) is 48.1 Å². The minimum atomic E-state index is 0.568. The highest BCUT2D eigenvalue weighted by molar-refractivity contribution is 5.53. The van der Waals surface area contributed by atoms with Gasteiger partial charge in [0.2, 0.25) is 5.88 Å². The van der Waals surface area contributed by atoms with Gasteiger partial charge < -0.3 is 10.5 Å². The molecule has 15 heavy (non-hydrogen) atoms. The number of nitrogens with two attached hydrogens (primary N) is 1. The van der Waals surface area contributed by atoms with Gasteiger partial charge in [-0.15, -0.1) is 0 Å². The molecule has 0 aliphatic heterocycles. The summed E-state index contributed by atoms with van der Waals surface area (Å²) in [5, 5.41) is 0. The normalized spacial score (nSPS) is 10.7. The molecule has 0 aliphatic rings. The Morgan fingerprint density at radius 2 is 2.20 bits per heavy atom. The maximum absolute atomic E-state index is 5.84. The minimum absolute atomic E-state index is 0.568. The summed E-state index contributed by atoms with van der Waals surface area (Å²) in [7, 11) is 0. The molecule has 0 unspecified atom stereocenters. The molecular formula is C12H20N2O. The van der Waals surface area contributed by atoms with E-state index in [4.69, 9.17) is 10.5 Å². The van der Waals surface area contributed by atoms with E-state index in [2.05, 4.69) is 18.8 Å². The quantitative estimate of drug-likeness (QED) is 0.757. The van der Waals surface area contributed by atoms with Crippen molar-refractivity contribution in [1.29, 1.82) is 0 Å². The van der Waals surface area contributed by atoms with Crippen molar-refractivity contribution >= 4 is 5.69 Å².